The highest BCUT2D eigenvalue weighted by atomic mass is 16.1. The number of benzene rings is 1. The van der Waals surface area contributed by atoms with Crippen molar-refractivity contribution in [1.82, 2.24) is 5.32 Å². The van der Waals surface area contributed by atoms with Crippen molar-refractivity contribution in [1.29, 1.82) is 0 Å². The fourth-order valence-electron chi connectivity index (χ4n) is 2.75. The molecule has 3 heteroatoms. The first-order valence-corrected chi connectivity index (χ1v) is 7.77. The van der Waals surface area contributed by atoms with Crippen LogP contribution in [-0.4, -0.2) is 18.5 Å². The molecular formula is C17H26N2O. The minimum absolute atomic E-state index is 0.0502. The molecule has 2 atom stereocenters. The van der Waals surface area contributed by atoms with Gasteiger partial charge < -0.3 is 10.6 Å². The zero-order valence-corrected chi connectivity index (χ0v) is 12.8. The van der Waals surface area contributed by atoms with Crippen LogP contribution in [0.2, 0.25) is 0 Å². The minimum atomic E-state index is 0.0502. The Balaban J connectivity index is 1.98. The first-order chi connectivity index (χ1) is 9.60. The third-order valence-electron chi connectivity index (χ3n) is 4.14. The number of carbonyl (C=O) groups excluding carboxylic acids is 1. The average molecular weight is 274 g/mol. The first kappa shape index (κ1) is 14.9. The Morgan fingerprint density at radius 1 is 1.40 bits per heavy atom. The zero-order chi connectivity index (χ0) is 14.5. The third-order valence-corrected chi connectivity index (χ3v) is 4.14. The number of rotatable bonds is 5. The largest absolute Gasteiger partial charge is 0.385 e. The van der Waals surface area contributed by atoms with Crippen molar-refractivity contribution < 1.29 is 4.79 Å². The van der Waals surface area contributed by atoms with Crippen molar-refractivity contribution in [3.63, 3.8) is 0 Å². The second kappa shape index (κ2) is 6.78. The summed E-state index contributed by atoms with van der Waals surface area (Å²) in [7, 11) is 0. The Labute approximate surface area is 122 Å². The molecule has 0 spiro atoms. The van der Waals surface area contributed by atoms with Crippen LogP contribution in [0.5, 0.6) is 0 Å². The van der Waals surface area contributed by atoms with E-state index in [1.54, 1.807) is 0 Å². The van der Waals surface area contributed by atoms with Crippen molar-refractivity contribution in [2.75, 3.05) is 11.9 Å². The molecule has 0 fully saturated rings. The van der Waals surface area contributed by atoms with Gasteiger partial charge in [0.25, 0.3) is 5.91 Å². The number of aryl methyl sites for hydroxylation is 1. The lowest BCUT2D eigenvalue weighted by atomic mass is 9.99. The minimum Gasteiger partial charge on any atom is -0.385 e. The number of hydrogen-bond donors (Lipinski definition) is 2. The van der Waals surface area contributed by atoms with Crippen molar-refractivity contribution in [3.05, 3.63) is 29.3 Å². The van der Waals surface area contributed by atoms with Crippen LogP contribution < -0.4 is 10.6 Å². The van der Waals surface area contributed by atoms with E-state index in [0.29, 0.717) is 5.92 Å². The summed E-state index contributed by atoms with van der Waals surface area (Å²) in [5.41, 5.74) is 3.22. The van der Waals surface area contributed by atoms with Crippen molar-refractivity contribution >= 4 is 11.6 Å². The van der Waals surface area contributed by atoms with Crippen molar-refractivity contribution in [2.45, 2.75) is 52.5 Å². The van der Waals surface area contributed by atoms with E-state index in [2.05, 4.69) is 31.4 Å². The monoisotopic (exact) mass is 274 g/mol. The van der Waals surface area contributed by atoms with Crippen molar-refractivity contribution in [3.8, 4) is 0 Å². The van der Waals surface area contributed by atoms with E-state index in [0.717, 1.165) is 37.8 Å². The van der Waals surface area contributed by atoms with E-state index in [-0.39, 0.29) is 11.9 Å². The van der Waals surface area contributed by atoms with Gasteiger partial charge in [-0.1, -0.05) is 20.3 Å². The highest BCUT2D eigenvalue weighted by molar-refractivity contribution is 5.95. The molecule has 2 rings (SSSR count). The normalized spacial score (nSPS) is 16.8. The highest BCUT2D eigenvalue weighted by Gasteiger charge is 2.15. The summed E-state index contributed by atoms with van der Waals surface area (Å²) in [6.07, 6.45) is 4.40. The standard InChI is InChI=1S/C17H26N2O/c1-4-12(2)10-13(3)19-17(20)15-7-8-16-14(11-15)6-5-9-18-16/h7-8,11-13,18H,4-6,9-10H2,1-3H3,(H,19,20). The van der Waals surface area contributed by atoms with E-state index >= 15 is 0 Å². The number of carbonyl (C=O) groups is 1. The average Bonchev–Trinajstić information content (AvgIpc) is 2.46. The summed E-state index contributed by atoms with van der Waals surface area (Å²) in [4.78, 5) is 12.3. The Bertz CT molecular complexity index is 470. The quantitative estimate of drug-likeness (QED) is 0.861. The zero-order valence-electron chi connectivity index (χ0n) is 12.8. The molecule has 1 aromatic carbocycles. The van der Waals surface area contributed by atoms with Crippen LogP contribution >= 0.6 is 0 Å². The topological polar surface area (TPSA) is 41.1 Å². The third kappa shape index (κ3) is 3.75. The number of amides is 1. The van der Waals surface area contributed by atoms with Gasteiger partial charge in [-0.05, 0) is 55.9 Å². The van der Waals surface area contributed by atoms with Crippen molar-refractivity contribution in [2.24, 2.45) is 5.92 Å². The molecular weight excluding hydrogens is 248 g/mol. The summed E-state index contributed by atoms with van der Waals surface area (Å²) >= 11 is 0. The summed E-state index contributed by atoms with van der Waals surface area (Å²) in [6, 6.07) is 6.21. The number of hydrogen-bond acceptors (Lipinski definition) is 2. The molecule has 1 aromatic rings. The second-order valence-electron chi connectivity index (χ2n) is 6.03. The molecule has 2 unspecified atom stereocenters. The van der Waals surface area contributed by atoms with Gasteiger partial charge in [0.15, 0.2) is 0 Å². The van der Waals surface area contributed by atoms with Gasteiger partial charge in [0.05, 0.1) is 0 Å². The lowest BCUT2D eigenvalue weighted by Gasteiger charge is -2.20. The predicted molar refractivity (Wildman–Crippen MR) is 84.3 cm³/mol. The summed E-state index contributed by atoms with van der Waals surface area (Å²) in [5.74, 6) is 0.701. The molecule has 0 radical (unpaired) electrons. The molecule has 0 aromatic heterocycles. The molecule has 0 bridgehead atoms. The highest BCUT2D eigenvalue weighted by Crippen LogP contribution is 2.23. The van der Waals surface area contributed by atoms with Gasteiger partial charge in [0, 0.05) is 23.8 Å². The second-order valence-corrected chi connectivity index (χ2v) is 6.03. The maximum atomic E-state index is 12.3. The lowest BCUT2D eigenvalue weighted by molar-refractivity contribution is 0.0935. The number of fused-ring (bicyclic) bond motifs is 1. The summed E-state index contributed by atoms with van der Waals surface area (Å²) in [5, 5.41) is 6.48. The van der Waals surface area contributed by atoms with E-state index in [4.69, 9.17) is 0 Å². The van der Waals surface area contributed by atoms with E-state index in [9.17, 15) is 4.79 Å². The Morgan fingerprint density at radius 3 is 2.95 bits per heavy atom. The SMILES string of the molecule is CCC(C)CC(C)NC(=O)c1ccc2c(c1)CCCN2. The Hall–Kier alpha value is -1.51. The van der Waals surface area contributed by atoms with Crippen LogP contribution in [-0.2, 0) is 6.42 Å². The maximum Gasteiger partial charge on any atom is 0.251 e. The van der Waals surface area contributed by atoms with Crippen LogP contribution in [0.3, 0.4) is 0 Å². The molecule has 0 aliphatic carbocycles. The molecule has 20 heavy (non-hydrogen) atoms. The molecule has 0 saturated heterocycles. The molecule has 1 aliphatic heterocycles. The summed E-state index contributed by atoms with van der Waals surface area (Å²) in [6.45, 7) is 7.54. The van der Waals surface area contributed by atoms with E-state index in [1.807, 2.05) is 18.2 Å². The molecule has 1 heterocycles. The van der Waals surface area contributed by atoms with E-state index < -0.39 is 0 Å². The molecule has 1 aliphatic rings. The Kier molecular flexibility index (Phi) is 5.05. The van der Waals surface area contributed by atoms with Crippen LogP contribution in [0.1, 0.15) is 56.0 Å². The fraction of sp³-hybridized carbons (Fsp3) is 0.588. The fourth-order valence-corrected chi connectivity index (χ4v) is 2.75. The Morgan fingerprint density at radius 2 is 2.20 bits per heavy atom. The molecule has 1 amide bonds. The molecule has 110 valence electrons. The maximum absolute atomic E-state index is 12.3. The first-order valence-electron chi connectivity index (χ1n) is 7.77. The smallest absolute Gasteiger partial charge is 0.251 e. The molecule has 2 N–H and O–H groups in total. The van der Waals surface area contributed by atoms with Gasteiger partial charge in [0.1, 0.15) is 0 Å². The number of anilines is 1. The van der Waals surface area contributed by atoms with Gasteiger partial charge in [-0.15, -0.1) is 0 Å². The lowest BCUT2D eigenvalue weighted by Crippen LogP contribution is -2.33. The van der Waals surface area contributed by atoms with Gasteiger partial charge in [-0.25, -0.2) is 0 Å². The van der Waals surface area contributed by atoms with Gasteiger partial charge in [-0.3, -0.25) is 4.79 Å². The van der Waals surface area contributed by atoms with Gasteiger partial charge in [-0.2, -0.15) is 0 Å². The van der Waals surface area contributed by atoms with E-state index in [1.165, 1.54) is 11.3 Å². The number of nitrogens with one attached hydrogen (secondary N) is 2. The van der Waals surface area contributed by atoms with Gasteiger partial charge in [0.2, 0.25) is 0 Å². The predicted octanol–water partition coefficient (Wildman–Crippen LogP) is 3.60. The summed E-state index contributed by atoms with van der Waals surface area (Å²) < 4.78 is 0. The molecule has 3 nitrogen and oxygen atoms in total. The molecule has 0 saturated carbocycles. The van der Waals surface area contributed by atoms with Crippen LogP contribution in [0.15, 0.2) is 18.2 Å². The van der Waals surface area contributed by atoms with Crippen LogP contribution in [0, 0.1) is 5.92 Å². The van der Waals surface area contributed by atoms with Crippen LogP contribution in [0.4, 0.5) is 5.69 Å². The van der Waals surface area contributed by atoms with Gasteiger partial charge >= 0.3 is 0 Å². The van der Waals surface area contributed by atoms with Crippen LogP contribution in [0.25, 0.3) is 0 Å².